The van der Waals surface area contributed by atoms with Crippen molar-refractivity contribution in [3.63, 3.8) is 0 Å². The lowest BCUT2D eigenvalue weighted by Crippen LogP contribution is -1.88. The molecular formula is C14H16N2OS. The zero-order valence-corrected chi connectivity index (χ0v) is 11.5. The van der Waals surface area contributed by atoms with E-state index in [1.165, 1.54) is 23.3 Å². The van der Waals surface area contributed by atoms with E-state index < -0.39 is 0 Å². The molecule has 0 radical (unpaired) electrons. The minimum absolute atomic E-state index is 0.516. The van der Waals surface area contributed by atoms with Crippen molar-refractivity contribution < 1.29 is 4.52 Å². The van der Waals surface area contributed by atoms with Crippen molar-refractivity contribution >= 4 is 11.8 Å². The van der Waals surface area contributed by atoms with E-state index in [1.54, 1.807) is 11.8 Å². The van der Waals surface area contributed by atoms with Gasteiger partial charge in [0.05, 0.1) is 0 Å². The molecule has 18 heavy (non-hydrogen) atoms. The third-order valence-electron chi connectivity index (χ3n) is 3.29. The van der Waals surface area contributed by atoms with Crippen molar-refractivity contribution in [2.24, 2.45) is 0 Å². The molecule has 1 aliphatic carbocycles. The molecule has 1 fully saturated rings. The van der Waals surface area contributed by atoms with Gasteiger partial charge in [-0.25, -0.2) is 0 Å². The van der Waals surface area contributed by atoms with Gasteiger partial charge in [-0.3, -0.25) is 0 Å². The Kier molecular flexibility index (Phi) is 3.12. The van der Waals surface area contributed by atoms with Gasteiger partial charge in [-0.15, -0.1) is 11.8 Å². The van der Waals surface area contributed by atoms with Crippen molar-refractivity contribution in [3.05, 3.63) is 29.7 Å². The third-order valence-corrected chi connectivity index (χ3v) is 4.13. The van der Waals surface area contributed by atoms with E-state index in [0.29, 0.717) is 5.92 Å². The molecule has 1 aliphatic rings. The smallest absolute Gasteiger partial charge is 0.230 e. The Labute approximate surface area is 111 Å². The Balaban J connectivity index is 1.94. The van der Waals surface area contributed by atoms with Crippen LogP contribution in [-0.2, 0) is 6.42 Å². The molecule has 2 aromatic rings. The maximum Gasteiger partial charge on any atom is 0.230 e. The summed E-state index contributed by atoms with van der Waals surface area (Å²) >= 11 is 1.78. The molecule has 4 heteroatoms. The molecular weight excluding hydrogens is 244 g/mol. The van der Waals surface area contributed by atoms with Gasteiger partial charge in [0.25, 0.3) is 0 Å². The summed E-state index contributed by atoms with van der Waals surface area (Å²) in [6.07, 6.45) is 5.51. The van der Waals surface area contributed by atoms with Crippen molar-refractivity contribution in [1.29, 1.82) is 0 Å². The maximum absolute atomic E-state index is 5.31. The van der Waals surface area contributed by atoms with Crippen LogP contribution in [0.1, 0.15) is 37.1 Å². The summed E-state index contributed by atoms with van der Waals surface area (Å²) in [4.78, 5) is 5.81. The highest BCUT2D eigenvalue weighted by Gasteiger charge is 2.29. The fourth-order valence-corrected chi connectivity index (χ4v) is 2.71. The van der Waals surface area contributed by atoms with Crippen LogP contribution in [0.5, 0.6) is 0 Å². The average Bonchev–Trinajstić information content (AvgIpc) is 3.16. The van der Waals surface area contributed by atoms with Crippen LogP contribution in [0.2, 0.25) is 0 Å². The first-order valence-corrected chi connectivity index (χ1v) is 7.55. The van der Waals surface area contributed by atoms with E-state index in [9.17, 15) is 0 Å². The number of aromatic nitrogens is 2. The molecule has 1 saturated carbocycles. The standard InChI is InChI=1S/C14H16N2OS/c1-3-9-8-11(6-7-12(9)18-2)13-15-14(17-16-13)10-4-5-10/h6-8,10H,3-5H2,1-2H3. The molecule has 1 aromatic heterocycles. The molecule has 3 rings (SSSR count). The van der Waals surface area contributed by atoms with Crippen LogP contribution in [-0.4, -0.2) is 16.4 Å². The van der Waals surface area contributed by atoms with E-state index in [1.807, 2.05) is 0 Å². The van der Waals surface area contributed by atoms with Crippen LogP contribution in [0.4, 0.5) is 0 Å². The molecule has 0 bridgehead atoms. The molecule has 94 valence electrons. The third kappa shape index (κ3) is 2.17. The second kappa shape index (κ2) is 4.76. The average molecular weight is 260 g/mol. The Morgan fingerprint density at radius 3 is 2.89 bits per heavy atom. The second-order valence-corrected chi connectivity index (χ2v) is 5.46. The minimum Gasteiger partial charge on any atom is -0.339 e. The SMILES string of the molecule is CCc1cc(-c2noc(C3CC3)n2)ccc1SC. The van der Waals surface area contributed by atoms with Crippen LogP contribution < -0.4 is 0 Å². The molecule has 1 aromatic carbocycles. The molecule has 0 aliphatic heterocycles. The van der Waals surface area contributed by atoms with E-state index in [4.69, 9.17) is 4.52 Å². The van der Waals surface area contributed by atoms with Crippen molar-refractivity contribution in [3.8, 4) is 11.4 Å². The fourth-order valence-electron chi connectivity index (χ4n) is 2.04. The quantitative estimate of drug-likeness (QED) is 0.782. The topological polar surface area (TPSA) is 38.9 Å². The number of nitrogens with zero attached hydrogens (tertiary/aromatic N) is 2. The Morgan fingerprint density at radius 1 is 1.39 bits per heavy atom. The normalized spacial score (nSPS) is 15.0. The van der Waals surface area contributed by atoms with Gasteiger partial charge in [0, 0.05) is 16.4 Å². The highest BCUT2D eigenvalue weighted by molar-refractivity contribution is 7.98. The van der Waals surface area contributed by atoms with Gasteiger partial charge < -0.3 is 4.52 Å². The molecule has 0 spiro atoms. The predicted molar refractivity (Wildman–Crippen MR) is 72.9 cm³/mol. The van der Waals surface area contributed by atoms with E-state index in [2.05, 4.69) is 41.5 Å². The molecule has 0 saturated heterocycles. The number of hydrogen-bond donors (Lipinski definition) is 0. The predicted octanol–water partition coefficient (Wildman–Crippen LogP) is 3.90. The number of rotatable bonds is 4. The summed E-state index contributed by atoms with van der Waals surface area (Å²) in [7, 11) is 0. The highest BCUT2D eigenvalue weighted by Crippen LogP contribution is 2.39. The summed E-state index contributed by atoms with van der Waals surface area (Å²) in [5.74, 6) is 2.04. The lowest BCUT2D eigenvalue weighted by atomic mass is 10.1. The van der Waals surface area contributed by atoms with Crippen LogP contribution in [0, 0.1) is 0 Å². The Bertz CT molecular complexity index is 561. The summed E-state index contributed by atoms with van der Waals surface area (Å²) in [6, 6.07) is 6.39. The number of thioether (sulfide) groups is 1. The largest absolute Gasteiger partial charge is 0.339 e. The molecule has 0 N–H and O–H groups in total. The van der Waals surface area contributed by atoms with Gasteiger partial charge in [-0.05, 0) is 49.3 Å². The Hall–Kier alpha value is -1.29. The number of aryl methyl sites for hydroxylation is 1. The summed E-state index contributed by atoms with van der Waals surface area (Å²) in [6.45, 7) is 2.17. The van der Waals surface area contributed by atoms with Gasteiger partial charge in [-0.1, -0.05) is 12.1 Å². The van der Waals surface area contributed by atoms with Gasteiger partial charge in [-0.2, -0.15) is 4.98 Å². The van der Waals surface area contributed by atoms with Crippen LogP contribution in [0.3, 0.4) is 0 Å². The number of hydrogen-bond acceptors (Lipinski definition) is 4. The van der Waals surface area contributed by atoms with Gasteiger partial charge in [0.1, 0.15) is 0 Å². The fraction of sp³-hybridized carbons (Fsp3) is 0.429. The maximum atomic E-state index is 5.31. The Morgan fingerprint density at radius 2 is 2.22 bits per heavy atom. The monoisotopic (exact) mass is 260 g/mol. The van der Waals surface area contributed by atoms with Gasteiger partial charge in [0.2, 0.25) is 11.7 Å². The van der Waals surface area contributed by atoms with E-state index >= 15 is 0 Å². The van der Waals surface area contributed by atoms with E-state index in [-0.39, 0.29) is 0 Å². The minimum atomic E-state index is 0.516. The van der Waals surface area contributed by atoms with Crippen molar-refractivity contribution in [1.82, 2.24) is 10.1 Å². The first-order chi connectivity index (χ1) is 8.81. The summed E-state index contributed by atoms with van der Waals surface area (Å²) in [5, 5.41) is 4.09. The zero-order chi connectivity index (χ0) is 12.5. The molecule has 0 unspecified atom stereocenters. The lowest BCUT2D eigenvalue weighted by Gasteiger charge is -2.05. The second-order valence-electron chi connectivity index (χ2n) is 4.61. The lowest BCUT2D eigenvalue weighted by molar-refractivity contribution is 0.380. The van der Waals surface area contributed by atoms with Crippen molar-refractivity contribution in [2.45, 2.75) is 37.0 Å². The zero-order valence-electron chi connectivity index (χ0n) is 10.6. The van der Waals surface area contributed by atoms with Crippen LogP contribution in [0.15, 0.2) is 27.6 Å². The van der Waals surface area contributed by atoms with Crippen LogP contribution in [0.25, 0.3) is 11.4 Å². The summed E-state index contributed by atoms with van der Waals surface area (Å²) in [5.41, 5.74) is 2.40. The molecule has 0 atom stereocenters. The van der Waals surface area contributed by atoms with Gasteiger partial charge in [0.15, 0.2) is 0 Å². The molecule has 0 amide bonds. The van der Waals surface area contributed by atoms with Gasteiger partial charge >= 0.3 is 0 Å². The first-order valence-electron chi connectivity index (χ1n) is 6.32. The van der Waals surface area contributed by atoms with E-state index in [0.717, 1.165) is 23.7 Å². The van der Waals surface area contributed by atoms with Crippen molar-refractivity contribution in [2.75, 3.05) is 6.26 Å². The molecule has 1 heterocycles. The number of benzene rings is 1. The first kappa shape index (κ1) is 11.8. The van der Waals surface area contributed by atoms with Crippen LogP contribution >= 0.6 is 11.8 Å². The molecule has 3 nitrogen and oxygen atoms in total. The highest BCUT2D eigenvalue weighted by atomic mass is 32.2. The summed E-state index contributed by atoms with van der Waals surface area (Å²) < 4.78 is 5.31.